The van der Waals surface area contributed by atoms with Gasteiger partial charge in [-0.15, -0.1) is 0 Å². The second kappa shape index (κ2) is 34.0. The van der Waals surface area contributed by atoms with Gasteiger partial charge >= 0.3 is 24.1 Å². The second-order valence-corrected chi connectivity index (χ2v) is 26.2. The van der Waals surface area contributed by atoms with Crippen LogP contribution in [0.2, 0.25) is 5.02 Å². The number of epoxide rings is 1. The number of ether oxygens (including phenoxy) is 5. The minimum Gasteiger partial charge on any atom is -0.462 e. The van der Waals surface area contributed by atoms with Crippen molar-refractivity contribution < 1.29 is 76.7 Å². The molecule has 0 radical (unpaired) electrons. The third-order valence-corrected chi connectivity index (χ3v) is 19.2. The monoisotopic (exact) mass is 1420 g/mol. The molecule has 0 spiro atoms. The number of hydrazine groups is 1. The summed E-state index contributed by atoms with van der Waals surface area (Å²) < 4.78 is 29.5. The van der Waals surface area contributed by atoms with Crippen LogP contribution in [0.15, 0.2) is 54.1 Å². The summed E-state index contributed by atoms with van der Waals surface area (Å²) in [5.74, 6) is -1.20. The van der Waals surface area contributed by atoms with E-state index in [9.17, 15) is 53.1 Å². The van der Waals surface area contributed by atoms with E-state index in [1.807, 2.05) is 31.4 Å². The molecule has 3 heterocycles. The van der Waals surface area contributed by atoms with Crippen LogP contribution < -0.4 is 37.9 Å². The van der Waals surface area contributed by atoms with Gasteiger partial charge in [-0.05, 0) is 114 Å². The number of nitrogens with zero attached hydrogens (tertiary/aromatic N) is 2. The van der Waals surface area contributed by atoms with E-state index in [1.54, 1.807) is 59.9 Å². The maximum atomic E-state index is 14.5. The van der Waals surface area contributed by atoms with Gasteiger partial charge < -0.3 is 55.0 Å². The number of amides is 7. The lowest BCUT2D eigenvalue weighted by Crippen LogP contribution is -2.63. The summed E-state index contributed by atoms with van der Waals surface area (Å²) in [6.07, 6.45) is 1.15. The molecule has 5 rings (SSSR count). The summed E-state index contributed by atoms with van der Waals surface area (Å²) in [5.41, 5.74) is 6.68. The Bertz CT molecular complexity index is 3070. The number of allylic oxidation sites excluding steroid dienone is 3. The molecule has 9 N–H and O–H groups in total. The number of unbranched alkanes of at least 4 members (excludes halogenated alkanes) is 1. The molecule has 0 aliphatic carbocycles. The number of nitrogen functional groups attached to an aromatic ring is 1. The lowest BCUT2D eigenvalue weighted by molar-refractivity contribution is -0.158. The number of primary amides is 1. The van der Waals surface area contributed by atoms with Gasteiger partial charge in [0, 0.05) is 87.1 Å². The van der Waals surface area contributed by atoms with Crippen molar-refractivity contribution in [3.63, 3.8) is 0 Å². The van der Waals surface area contributed by atoms with Crippen LogP contribution in [0.1, 0.15) is 144 Å². The number of fused-ring (bicyclic) bond motifs is 5. The number of nitrogens with two attached hydrogens (primary N) is 2. The van der Waals surface area contributed by atoms with Crippen molar-refractivity contribution in [2.24, 2.45) is 35.2 Å². The van der Waals surface area contributed by atoms with Gasteiger partial charge in [-0.25, -0.2) is 20.2 Å². The molecule has 2 fully saturated rings. The highest BCUT2D eigenvalue weighted by molar-refractivity contribution is 9.09. The number of carbonyl (C=O) groups is 10. The zero-order valence-corrected chi connectivity index (χ0v) is 57.6. The number of aliphatic hydroxyl groups is 1. The fourth-order valence-electron chi connectivity index (χ4n) is 11.2. The number of urea groups is 1. The number of alkyl carbamates (subject to hydrolysis) is 1. The molecule has 1 unspecified atom stereocenters. The maximum Gasteiger partial charge on any atom is 0.409 e. The zero-order chi connectivity index (χ0) is 67.8. The standard InChI is InChI=1S/C64H89Br2ClN8O16/c1-34(2)45(29-44(76)18-13-12-17-37(5)88-60(83)43(32-65)33-66)56(79)71-47(19-15-23-70-61(68)84)49(77)28-41-21-22-42(27-46(41)57(80)73-69)58(81)74(9)39(7)59(82)90-52-30-53(78)75(10)48-26-40(25-36(4)54(48)67)24-35(3)16-14-20-51(87-11)64(86)31-50(89-62(85)72-64)38(6)55-63(52,8)91-55/h14,16,20-22,25-27,34,37-39,43,45,47,50-52,55,86H,12-13,15,17-19,23-24,28-33,69H2,1-11H3,(H,71,79)(H,72,85)(H,73,80)(H3,68,70,84)/b20-14+,35-16+/t37?,38-,39+,45+,47+,50+,51-,52+,55+,63+,64+/m1/s1. The predicted octanol–water partition coefficient (Wildman–Crippen LogP) is 6.91. The third-order valence-electron chi connectivity index (χ3n) is 17.1. The normalized spacial score (nSPS) is 24.0. The number of hydrogen-bond acceptors (Lipinski definition) is 17. The number of anilines is 1. The Kier molecular flexibility index (Phi) is 28.2. The summed E-state index contributed by atoms with van der Waals surface area (Å²) in [4.78, 5) is 138. The van der Waals surface area contributed by atoms with Gasteiger partial charge in [-0.2, -0.15) is 0 Å². The van der Waals surface area contributed by atoms with Gasteiger partial charge in [-0.3, -0.25) is 44.3 Å². The van der Waals surface area contributed by atoms with Crippen LogP contribution in [0.3, 0.4) is 0 Å². The average molecular weight is 1420 g/mol. The molecule has 27 heteroatoms. The first-order valence-electron chi connectivity index (χ1n) is 30.5. The molecule has 2 saturated heterocycles. The summed E-state index contributed by atoms with van der Waals surface area (Å²) in [7, 11) is 4.28. The Hall–Kier alpha value is -6.29. The number of alkyl halides is 2. The summed E-state index contributed by atoms with van der Waals surface area (Å²) in [6, 6.07) is 4.30. The number of methoxy groups -OCH3 is 1. The van der Waals surface area contributed by atoms with Crippen LogP contribution in [0.5, 0.6) is 0 Å². The molecule has 3 aliphatic heterocycles. The number of ketones is 2. The number of likely N-dealkylation sites (N-methyl/N-ethyl adjacent to an activating group) is 1. The highest BCUT2D eigenvalue weighted by atomic mass is 79.9. The van der Waals surface area contributed by atoms with Gasteiger partial charge in [0.2, 0.25) is 11.8 Å². The first-order chi connectivity index (χ1) is 42.8. The van der Waals surface area contributed by atoms with Gasteiger partial charge in [0.1, 0.15) is 35.7 Å². The number of halogens is 3. The van der Waals surface area contributed by atoms with E-state index in [0.29, 0.717) is 52.6 Å². The highest BCUT2D eigenvalue weighted by Crippen LogP contribution is 2.49. The van der Waals surface area contributed by atoms with E-state index < -0.39 is 120 Å². The molecule has 7 amide bonds. The van der Waals surface area contributed by atoms with Crippen LogP contribution >= 0.6 is 43.5 Å². The van der Waals surface area contributed by atoms with Crippen LogP contribution in [0, 0.1) is 30.6 Å². The molecule has 0 saturated carbocycles. The molecular formula is C64H89Br2ClN8O16. The van der Waals surface area contributed by atoms with Crippen molar-refractivity contribution in [1.29, 1.82) is 0 Å². The minimum atomic E-state index is -1.92. The van der Waals surface area contributed by atoms with E-state index in [1.165, 1.54) is 44.2 Å². The largest absolute Gasteiger partial charge is 0.462 e. The quantitative estimate of drug-likeness (QED) is 0.00698. The Morgan fingerprint density at radius 1 is 0.989 bits per heavy atom. The van der Waals surface area contributed by atoms with E-state index in [-0.39, 0.29) is 85.0 Å². The lowest BCUT2D eigenvalue weighted by atomic mass is 9.83. The fraction of sp³-hybridized carbons (Fsp3) is 0.594. The predicted molar refractivity (Wildman–Crippen MR) is 347 cm³/mol. The SMILES string of the molecule is CO[C@@H]1/C=C/C=C(\C)Cc2cc(C)c(Cl)c(c2)N(C)C(=O)C[C@H](OC(=O)[C@H](C)N(C)C(=O)c2ccc(CC(=O)[C@H](CCCNC(N)=O)NC(=O)[C@@H](CC(=O)CCCCC(C)OC(=O)C(CBr)CBr)C(C)C)c(C(=O)NN)c2)[C@]2(C)O[C@H]2[C@H](C)[C@@H]2C[C@@]1(O)NC(=O)O2. The van der Waals surface area contributed by atoms with Crippen molar-refractivity contribution in [2.45, 2.75) is 180 Å². The molecule has 502 valence electrons. The van der Waals surface area contributed by atoms with Crippen molar-refractivity contribution in [2.75, 3.05) is 43.3 Å². The smallest absolute Gasteiger partial charge is 0.409 e. The van der Waals surface area contributed by atoms with E-state index in [0.717, 1.165) is 16.0 Å². The zero-order valence-electron chi connectivity index (χ0n) is 53.6. The van der Waals surface area contributed by atoms with Crippen molar-refractivity contribution >= 4 is 108 Å². The number of aryl methyl sites for hydroxylation is 1. The van der Waals surface area contributed by atoms with E-state index in [4.69, 9.17) is 46.9 Å². The highest BCUT2D eigenvalue weighted by Gasteiger charge is 2.64. The number of hydrogen-bond donors (Lipinski definition) is 7. The molecule has 11 atom stereocenters. The van der Waals surface area contributed by atoms with E-state index in [2.05, 4.69) is 47.8 Å². The molecular weight excluding hydrogens is 1330 g/mol. The average Bonchev–Trinajstić information content (AvgIpc) is 1.56. The van der Waals surface area contributed by atoms with Gasteiger partial charge in [0.15, 0.2) is 11.5 Å². The van der Waals surface area contributed by atoms with Gasteiger partial charge in [0.25, 0.3) is 11.8 Å². The molecule has 91 heavy (non-hydrogen) atoms. The topological polar surface area (TPSA) is 347 Å². The fourth-order valence-corrected chi connectivity index (χ4v) is 13.1. The van der Waals surface area contributed by atoms with Crippen LogP contribution in [-0.4, -0.2) is 162 Å². The van der Waals surface area contributed by atoms with Crippen LogP contribution in [0.25, 0.3) is 0 Å². The molecule has 2 aromatic carbocycles. The van der Waals surface area contributed by atoms with Crippen molar-refractivity contribution in [3.05, 3.63) is 87.0 Å². The first-order valence-corrected chi connectivity index (χ1v) is 33.1. The maximum absolute atomic E-state index is 14.5. The first kappa shape index (κ1) is 75.4. The lowest BCUT2D eigenvalue weighted by Gasteiger charge is -2.42. The Morgan fingerprint density at radius 2 is 1.68 bits per heavy atom. The number of carbonyl (C=O) groups excluding carboxylic acids is 10. The van der Waals surface area contributed by atoms with Gasteiger partial charge in [0.05, 0.1) is 41.3 Å². The molecule has 2 aromatic rings. The summed E-state index contributed by atoms with van der Waals surface area (Å²) >= 11 is 13.5. The summed E-state index contributed by atoms with van der Waals surface area (Å²) in [6.45, 7) is 13.9. The van der Waals surface area contributed by atoms with Crippen molar-refractivity contribution in [3.8, 4) is 0 Å². The second-order valence-electron chi connectivity index (χ2n) is 24.5. The molecule has 3 aliphatic rings. The van der Waals surface area contributed by atoms with Crippen LogP contribution in [0.4, 0.5) is 15.3 Å². The Balaban J connectivity index is 1.36. The number of nitrogens with one attached hydrogen (secondary N) is 4. The number of rotatable bonds is 27. The third kappa shape index (κ3) is 20.4. The molecule has 24 nitrogen and oxygen atoms in total. The Morgan fingerprint density at radius 3 is 2.32 bits per heavy atom. The van der Waals surface area contributed by atoms with Crippen LogP contribution in [-0.2, 0) is 65.3 Å². The number of esters is 2. The number of benzene rings is 2. The molecule has 0 aromatic heterocycles. The molecule has 4 bridgehead atoms. The number of Topliss-reactive ketones (excluding diaryl/α,β-unsaturated/α-hetero) is 2. The minimum absolute atomic E-state index is 0.0216. The summed E-state index contributed by atoms with van der Waals surface area (Å²) in [5, 5.41) is 21.0. The van der Waals surface area contributed by atoms with E-state index >= 15 is 0 Å². The van der Waals surface area contributed by atoms with Crippen molar-refractivity contribution in [1.82, 2.24) is 26.3 Å². The Labute approximate surface area is 553 Å². The van der Waals surface area contributed by atoms with Gasteiger partial charge in [-0.1, -0.05) is 100 Å².